The van der Waals surface area contributed by atoms with Gasteiger partial charge < -0.3 is 0 Å². The molecule has 2 unspecified atom stereocenters. The maximum atomic E-state index is 12.5. The molecule has 2 rings (SSSR count). The molecular weight excluding hydrogens is 274 g/mol. The van der Waals surface area contributed by atoms with Gasteiger partial charge in [0.05, 0.1) is 0 Å². The van der Waals surface area contributed by atoms with Gasteiger partial charge in [0.1, 0.15) is 16.7 Å². The molecule has 1 aromatic heterocycles. The Morgan fingerprint density at radius 3 is 2.70 bits per heavy atom. The van der Waals surface area contributed by atoms with Crippen molar-refractivity contribution in [2.45, 2.75) is 43.5 Å². The van der Waals surface area contributed by atoms with Gasteiger partial charge in [-0.1, -0.05) is 19.8 Å². The van der Waals surface area contributed by atoms with E-state index in [0.29, 0.717) is 5.92 Å². The SMILES string of the molecule is CC1CCCC(N(C)S(=O)(=O)c2ccc(C#N)nc2)C1. The number of nitrogens with zero attached hydrogens (tertiary/aromatic N) is 3. The predicted octanol–water partition coefficient (Wildman–Crippen LogP) is 2.15. The van der Waals surface area contributed by atoms with Crippen LogP contribution >= 0.6 is 0 Å². The normalized spacial score (nSPS) is 23.5. The van der Waals surface area contributed by atoms with Crippen LogP contribution in [0.3, 0.4) is 0 Å². The van der Waals surface area contributed by atoms with Crippen molar-refractivity contribution in [3.63, 3.8) is 0 Å². The average molecular weight is 293 g/mol. The summed E-state index contributed by atoms with van der Waals surface area (Å²) in [5.74, 6) is 0.561. The van der Waals surface area contributed by atoms with Gasteiger partial charge >= 0.3 is 0 Å². The summed E-state index contributed by atoms with van der Waals surface area (Å²) >= 11 is 0. The second-order valence-corrected chi connectivity index (χ2v) is 7.44. The molecule has 0 amide bonds. The van der Waals surface area contributed by atoms with Gasteiger partial charge in [0.15, 0.2) is 0 Å². The summed E-state index contributed by atoms with van der Waals surface area (Å²) in [6.07, 6.45) is 5.31. The van der Waals surface area contributed by atoms with E-state index in [9.17, 15) is 8.42 Å². The number of rotatable bonds is 3. The monoisotopic (exact) mass is 293 g/mol. The van der Waals surface area contributed by atoms with E-state index in [0.717, 1.165) is 19.3 Å². The molecule has 0 aliphatic heterocycles. The van der Waals surface area contributed by atoms with Crippen LogP contribution in [0.4, 0.5) is 0 Å². The Hall–Kier alpha value is -1.45. The van der Waals surface area contributed by atoms with Crippen molar-refractivity contribution in [3.8, 4) is 6.07 Å². The smallest absolute Gasteiger partial charge is 0.244 e. The molecule has 0 aromatic carbocycles. The third-order valence-corrected chi connectivity index (χ3v) is 5.84. The second-order valence-electron chi connectivity index (χ2n) is 5.44. The molecule has 0 spiro atoms. The number of sulfonamides is 1. The maximum absolute atomic E-state index is 12.5. The lowest BCUT2D eigenvalue weighted by atomic mass is 9.87. The molecular formula is C14H19N3O2S. The minimum Gasteiger partial charge on any atom is -0.244 e. The summed E-state index contributed by atoms with van der Waals surface area (Å²) in [7, 11) is -1.89. The highest BCUT2D eigenvalue weighted by atomic mass is 32.2. The largest absolute Gasteiger partial charge is 0.244 e. The number of hydrogen-bond acceptors (Lipinski definition) is 4. The molecule has 0 N–H and O–H groups in total. The van der Waals surface area contributed by atoms with Crippen molar-refractivity contribution < 1.29 is 8.42 Å². The molecule has 1 fully saturated rings. The van der Waals surface area contributed by atoms with Crippen LogP contribution in [0.2, 0.25) is 0 Å². The minimum absolute atomic E-state index is 0.0550. The zero-order valence-corrected chi connectivity index (χ0v) is 12.6. The van der Waals surface area contributed by atoms with Crippen molar-refractivity contribution in [1.82, 2.24) is 9.29 Å². The average Bonchev–Trinajstić information content (AvgIpc) is 2.46. The second kappa shape index (κ2) is 5.90. The van der Waals surface area contributed by atoms with Gasteiger partial charge in [-0.05, 0) is 30.9 Å². The highest BCUT2D eigenvalue weighted by Gasteiger charge is 2.31. The number of pyridine rings is 1. The lowest BCUT2D eigenvalue weighted by Gasteiger charge is -2.33. The Morgan fingerprint density at radius 2 is 2.15 bits per heavy atom. The topological polar surface area (TPSA) is 74.1 Å². The number of hydrogen-bond donors (Lipinski definition) is 0. The fourth-order valence-electron chi connectivity index (χ4n) is 2.69. The van der Waals surface area contributed by atoms with E-state index in [1.807, 2.05) is 6.07 Å². The maximum Gasteiger partial charge on any atom is 0.244 e. The van der Waals surface area contributed by atoms with Crippen molar-refractivity contribution >= 4 is 10.0 Å². The predicted molar refractivity (Wildman–Crippen MR) is 75.3 cm³/mol. The summed E-state index contributed by atoms with van der Waals surface area (Å²) in [6.45, 7) is 2.16. The summed E-state index contributed by atoms with van der Waals surface area (Å²) in [5, 5.41) is 8.70. The molecule has 1 aliphatic carbocycles. The Kier molecular flexibility index (Phi) is 4.41. The van der Waals surface area contributed by atoms with E-state index in [-0.39, 0.29) is 16.6 Å². The molecule has 1 aliphatic rings. The van der Waals surface area contributed by atoms with Gasteiger partial charge in [-0.2, -0.15) is 9.57 Å². The zero-order chi connectivity index (χ0) is 14.8. The molecule has 0 bridgehead atoms. The molecule has 5 nitrogen and oxygen atoms in total. The summed E-state index contributed by atoms with van der Waals surface area (Å²) in [6, 6.07) is 4.82. The highest BCUT2D eigenvalue weighted by Crippen LogP contribution is 2.29. The van der Waals surface area contributed by atoms with E-state index in [1.165, 1.54) is 29.1 Å². The van der Waals surface area contributed by atoms with Crippen LogP contribution in [-0.4, -0.2) is 30.8 Å². The molecule has 6 heteroatoms. The van der Waals surface area contributed by atoms with Crippen LogP contribution in [0.15, 0.2) is 23.2 Å². The van der Waals surface area contributed by atoms with E-state index >= 15 is 0 Å². The molecule has 1 aromatic rings. The standard InChI is InChI=1S/C14H19N3O2S/c1-11-4-3-5-13(8-11)17(2)20(18,19)14-7-6-12(9-15)16-10-14/h6-7,10-11,13H,3-5,8H2,1-2H3. The first-order chi connectivity index (χ1) is 9.45. The summed E-state index contributed by atoms with van der Waals surface area (Å²) in [4.78, 5) is 3.99. The summed E-state index contributed by atoms with van der Waals surface area (Å²) in [5.41, 5.74) is 0.220. The van der Waals surface area contributed by atoms with Crippen LogP contribution < -0.4 is 0 Å². The third kappa shape index (κ3) is 3.00. The Morgan fingerprint density at radius 1 is 1.40 bits per heavy atom. The van der Waals surface area contributed by atoms with Gasteiger partial charge in [-0.25, -0.2) is 13.4 Å². The molecule has 0 radical (unpaired) electrons. The van der Waals surface area contributed by atoms with Gasteiger partial charge in [0.2, 0.25) is 10.0 Å². The molecule has 2 atom stereocenters. The van der Waals surface area contributed by atoms with E-state index in [2.05, 4.69) is 11.9 Å². The summed E-state index contributed by atoms with van der Waals surface area (Å²) < 4.78 is 26.5. The van der Waals surface area contributed by atoms with Gasteiger partial charge in [-0.15, -0.1) is 0 Å². The lowest BCUT2D eigenvalue weighted by Crippen LogP contribution is -2.39. The third-order valence-electron chi connectivity index (χ3n) is 3.95. The first kappa shape index (κ1) is 14.9. The van der Waals surface area contributed by atoms with Crippen molar-refractivity contribution in [2.24, 2.45) is 5.92 Å². The number of aromatic nitrogens is 1. The van der Waals surface area contributed by atoms with Crippen molar-refractivity contribution in [2.75, 3.05) is 7.05 Å². The Labute approximate surface area is 120 Å². The van der Waals surface area contributed by atoms with Crippen LogP contribution in [0.5, 0.6) is 0 Å². The lowest BCUT2D eigenvalue weighted by molar-refractivity contribution is 0.239. The van der Waals surface area contributed by atoms with Crippen LogP contribution in [0.1, 0.15) is 38.3 Å². The molecule has 1 saturated carbocycles. The fourth-order valence-corrected chi connectivity index (χ4v) is 4.04. The molecule has 0 saturated heterocycles. The van der Waals surface area contributed by atoms with Crippen LogP contribution in [-0.2, 0) is 10.0 Å². The highest BCUT2D eigenvalue weighted by molar-refractivity contribution is 7.89. The zero-order valence-electron chi connectivity index (χ0n) is 11.8. The first-order valence-electron chi connectivity index (χ1n) is 6.79. The van der Waals surface area contributed by atoms with E-state index in [1.54, 1.807) is 7.05 Å². The fraction of sp³-hybridized carbons (Fsp3) is 0.571. The van der Waals surface area contributed by atoms with Gasteiger partial charge in [-0.3, -0.25) is 0 Å². The molecule has 108 valence electrons. The molecule has 1 heterocycles. The Bertz CT molecular complexity index is 604. The first-order valence-corrected chi connectivity index (χ1v) is 8.23. The Balaban J connectivity index is 2.22. The van der Waals surface area contributed by atoms with Crippen LogP contribution in [0, 0.1) is 17.2 Å². The van der Waals surface area contributed by atoms with E-state index < -0.39 is 10.0 Å². The van der Waals surface area contributed by atoms with Gasteiger partial charge in [0, 0.05) is 19.3 Å². The van der Waals surface area contributed by atoms with Gasteiger partial charge in [0.25, 0.3) is 0 Å². The van der Waals surface area contributed by atoms with Crippen LogP contribution in [0.25, 0.3) is 0 Å². The minimum atomic E-state index is -3.53. The van der Waals surface area contributed by atoms with Crippen molar-refractivity contribution in [1.29, 1.82) is 5.26 Å². The quantitative estimate of drug-likeness (QED) is 0.856. The van der Waals surface area contributed by atoms with Crippen molar-refractivity contribution in [3.05, 3.63) is 24.0 Å². The number of nitriles is 1. The molecule has 20 heavy (non-hydrogen) atoms. The van der Waals surface area contributed by atoms with E-state index in [4.69, 9.17) is 5.26 Å².